The number of benzene rings is 1. The minimum absolute atomic E-state index is 0.381. The normalized spacial score (nSPS) is 27.6. The van der Waals surface area contributed by atoms with Gasteiger partial charge in [0.2, 0.25) is 0 Å². The summed E-state index contributed by atoms with van der Waals surface area (Å²) in [5, 5.41) is 0.876. The molecule has 0 spiro atoms. The maximum atomic E-state index is 6.20. The van der Waals surface area contributed by atoms with E-state index in [4.69, 9.17) is 17.3 Å². The van der Waals surface area contributed by atoms with Crippen LogP contribution in [0.4, 0.5) is 0 Å². The Hall–Kier alpha value is -1.22. The van der Waals surface area contributed by atoms with E-state index >= 15 is 0 Å². The van der Waals surface area contributed by atoms with Crippen LogP contribution in [0.15, 0.2) is 29.3 Å². The van der Waals surface area contributed by atoms with Crippen molar-refractivity contribution < 1.29 is 0 Å². The van der Waals surface area contributed by atoms with Gasteiger partial charge in [-0.05, 0) is 36.8 Å². The highest BCUT2D eigenvalue weighted by Crippen LogP contribution is 2.41. The average Bonchev–Trinajstić information content (AvgIpc) is 2.22. The summed E-state index contributed by atoms with van der Waals surface area (Å²) in [6, 6.07) is 8.48. The standard InChI is InChI=1S/C14H18ClN3/c15-13-5-2-1-4-12(13)10-8-11(9-10)17-14(16)18-6-3-7-18/h1-2,4-5,10-11H,3,6-9H2,(H2,16,17). The second kappa shape index (κ2) is 4.81. The molecule has 1 heterocycles. The number of likely N-dealkylation sites (tertiary alicyclic amines) is 1. The highest BCUT2D eigenvalue weighted by molar-refractivity contribution is 6.31. The number of aliphatic imine (C=N–C) groups is 1. The van der Waals surface area contributed by atoms with E-state index in [9.17, 15) is 0 Å². The molecule has 2 N–H and O–H groups in total. The Balaban J connectivity index is 1.58. The van der Waals surface area contributed by atoms with Crippen LogP contribution in [0.25, 0.3) is 0 Å². The van der Waals surface area contributed by atoms with Crippen molar-refractivity contribution in [2.24, 2.45) is 10.7 Å². The van der Waals surface area contributed by atoms with Crippen LogP contribution in [0.1, 0.15) is 30.7 Å². The fourth-order valence-corrected chi connectivity index (χ4v) is 2.86. The topological polar surface area (TPSA) is 41.6 Å². The quantitative estimate of drug-likeness (QED) is 0.658. The summed E-state index contributed by atoms with van der Waals surface area (Å²) in [6.07, 6.45) is 3.37. The molecule has 0 unspecified atom stereocenters. The first-order chi connectivity index (χ1) is 8.74. The van der Waals surface area contributed by atoms with E-state index < -0.39 is 0 Å². The third kappa shape index (κ3) is 2.19. The first-order valence-corrected chi connectivity index (χ1v) is 6.94. The number of hydrogen-bond acceptors (Lipinski definition) is 1. The SMILES string of the molecule is NC(=NC1CC(c2ccccc2Cl)C1)N1CCC1. The van der Waals surface area contributed by atoms with Crippen molar-refractivity contribution >= 4 is 17.6 Å². The van der Waals surface area contributed by atoms with Gasteiger partial charge >= 0.3 is 0 Å². The molecule has 0 atom stereocenters. The molecule has 18 heavy (non-hydrogen) atoms. The molecule has 96 valence electrons. The maximum Gasteiger partial charge on any atom is 0.191 e. The summed E-state index contributed by atoms with van der Waals surface area (Å²) in [5.74, 6) is 1.28. The Labute approximate surface area is 113 Å². The van der Waals surface area contributed by atoms with Gasteiger partial charge in [0.1, 0.15) is 0 Å². The Morgan fingerprint density at radius 3 is 2.61 bits per heavy atom. The number of halogens is 1. The minimum Gasteiger partial charge on any atom is -0.370 e. The fraction of sp³-hybridized carbons (Fsp3) is 0.500. The van der Waals surface area contributed by atoms with Crippen molar-refractivity contribution in [3.63, 3.8) is 0 Å². The van der Waals surface area contributed by atoms with Gasteiger partial charge in [-0.25, -0.2) is 4.99 Å². The van der Waals surface area contributed by atoms with Crippen LogP contribution < -0.4 is 5.73 Å². The molecule has 0 radical (unpaired) electrons. The summed E-state index contributed by atoms with van der Waals surface area (Å²) in [4.78, 5) is 6.73. The number of nitrogens with zero attached hydrogens (tertiary/aromatic N) is 2. The molecule has 3 rings (SSSR count). The van der Waals surface area contributed by atoms with Gasteiger partial charge in [-0.15, -0.1) is 0 Å². The van der Waals surface area contributed by atoms with Crippen molar-refractivity contribution in [1.82, 2.24) is 4.90 Å². The second-order valence-corrected chi connectivity index (χ2v) is 5.58. The Morgan fingerprint density at radius 2 is 2.00 bits per heavy atom. The zero-order valence-electron chi connectivity index (χ0n) is 10.3. The van der Waals surface area contributed by atoms with Gasteiger partial charge in [-0.1, -0.05) is 29.8 Å². The smallest absolute Gasteiger partial charge is 0.191 e. The first kappa shape index (κ1) is 11.8. The predicted molar refractivity (Wildman–Crippen MR) is 75.0 cm³/mol. The van der Waals surface area contributed by atoms with E-state index in [1.165, 1.54) is 12.0 Å². The zero-order valence-corrected chi connectivity index (χ0v) is 11.1. The molecule has 1 aromatic carbocycles. The van der Waals surface area contributed by atoms with Gasteiger partial charge in [-0.3, -0.25) is 0 Å². The van der Waals surface area contributed by atoms with Crippen LogP contribution in [-0.4, -0.2) is 30.0 Å². The predicted octanol–water partition coefficient (Wildman–Crippen LogP) is 2.61. The summed E-state index contributed by atoms with van der Waals surface area (Å²) in [6.45, 7) is 2.13. The molecule has 2 aliphatic rings. The Morgan fingerprint density at radius 1 is 1.28 bits per heavy atom. The summed E-state index contributed by atoms with van der Waals surface area (Å²) in [7, 11) is 0. The number of hydrogen-bond donors (Lipinski definition) is 1. The minimum atomic E-state index is 0.381. The third-order valence-electron chi connectivity index (χ3n) is 3.95. The lowest BCUT2D eigenvalue weighted by molar-refractivity contribution is 0.286. The van der Waals surface area contributed by atoms with Gasteiger partial charge in [0, 0.05) is 18.1 Å². The van der Waals surface area contributed by atoms with E-state index in [0.29, 0.717) is 12.0 Å². The molecule has 1 saturated heterocycles. The lowest BCUT2D eigenvalue weighted by atomic mass is 9.76. The molecule has 0 aromatic heterocycles. The van der Waals surface area contributed by atoms with Crippen LogP contribution in [0, 0.1) is 0 Å². The van der Waals surface area contributed by atoms with E-state index in [2.05, 4.69) is 16.0 Å². The fourth-order valence-electron chi connectivity index (χ4n) is 2.57. The largest absolute Gasteiger partial charge is 0.370 e. The Kier molecular flexibility index (Phi) is 3.16. The molecule has 3 nitrogen and oxygen atoms in total. The first-order valence-electron chi connectivity index (χ1n) is 6.56. The van der Waals surface area contributed by atoms with E-state index in [1.807, 2.05) is 18.2 Å². The second-order valence-electron chi connectivity index (χ2n) is 5.17. The van der Waals surface area contributed by atoms with Crippen molar-refractivity contribution in [3.05, 3.63) is 34.9 Å². The molecule has 1 aliphatic carbocycles. The van der Waals surface area contributed by atoms with E-state index in [-0.39, 0.29) is 0 Å². The van der Waals surface area contributed by atoms with Gasteiger partial charge in [0.25, 0.3) is 0 Å². The van der Waals surface area contributed by atoms with Crippen LogP contribution in [-0.2, 0) is 0 Å². The highest BCUT2D eigenvalue weighted by atomic mass is 35.5. The Bertz CT molecular complexity index is 462. The number of nitrogens with two attached hydrogens (primary N) is 1. The van der Waals surface area contributed by atoms with Gasteiger partial charge in [-0.2, -0.15) is 0 Å². The molecular weight excluding hydrogens is 246 g/mol. The van der Waals surface area contributed by atoms with Crippen LogP contribution >= 0.6 is 11.6 Å². The van der Waals surface area contributed by atoms with Crippen molar-refractivity contribution in [2.75, 3.05) is 13.1 Å². The van der Waals surface area contributed by atoms with Gasteiger partial charge < -0.3 is 10.6 Å². The monoisotopic (exact) mass is 263 g/mol. The number of rotatable bonds is 2. The van der Waals surface area contributed by atoms with Crippen molar-refractivity contribution in [1.29, 1.82) is 0 Å². The molecule has 0 amide bonds. The summed E-state index contributed by atoms with van der Waals surface area (Å²) in [5.41, 5.74) is 7.21. The molecule has 1 aromatic rings. The van der Waals surface area contributed by atoms with Crippen molar-refractivity contribution in [3.8, 4) is 0 Å². The van der Waals surface area contributed by atoms with Crippen LogP contribution in [0.5, 0.6) is 0 Å². The van der Waals surface area contributed by atoms with E-state index in [0.717, 1.165) is 36.9 Å². The van der Waals surface area contributed by atoms with Gasteiger partial charge in [0.05, 0.1) is 6.04 Å². The lowest BCUT2D eigenvalue weighted by Gasteiger charge is -2.37. The molecular formula is C14H18ClN3. The molecule has 0 bridgehead atoms. The molecule has 1 aliphatic heterocycles. The highest BCUT2D eigenvalue weighted by Gasteiger charge is 2.32. The van der Waals surface area contributed by atoms with E-state index in [1.54, 1.807) is 0 Å². The molecule has 2 fully saturated rings. The van der Waals surface area contributed by atoms with Crippen LogP contribution in [0.2, 0.25) is 5.02 Å². The summed E-state index contributed by atoms with van der Waals surface area (Å²) < 4.78 is 0. The third-order valence-corrected chi connectivity index (χ3v) is 4.30. The lowest BCUT2D eigenvalue weighted by Crippen LogP contribution is -2.47. The molecule has 1 saturated carbocycles. The van der Waals surface area contributed by atoms with Gasteiger partial charge in [0.15, 0.2) is 5.96 Å². The van der Waals surface area contributed by atoms with Crippen molar-refractivity contribution in [2.45, 2.75) is 31.2 Å². The average molecular weight is 264 g/mol. The molecule has 4 heteroatoms. The van der Waals surface area contributed by atoms with Crippen LogP contribution in [0.3, 0.4) is 0 Å². The maximum absolute atomic E-state index is 6.20. The zero-order chi connectivity index (χ0) is 12.5. The number of guanidine groups is 1. The summed E-state index contributed by atoms with van der Waals surface area (Å²) >= 11 is 6.20.